The van der Waals surface area contributed by atoms with Crippen molar-refractivity contribution in [3.05, 3.63) is 35.1 Å². The molecule has 0 radical (unpaired) electrons. The van der Waals surface area contributed by atoms with Crippen LogP contribution in [0.5, 0.6) is 0 Å². The number of benzene rings is 1. The van der Waals surface area contributed by atoms with Gasteiger partial charge in [-0.25, -0.2) is 0 Å². The highest BCUT2D eigenvalue weighted by Crippen LogP contribution is 2.24. The Balaban J connectivity index is 1.68. The summed E-state index contributed by atoms with van der Waals surface area (Å²) in [6.07, 6.45) is 1.63. The number of nitrogens with zero attached hydrogens (tertiary/aromatic N) is 4. The fraction of sp³-hybridized carbons (Fsp3) is 0.400. The maximum Gasteiger partial charge on any atom is 0.233 e. The fourth-order valence-electron chi connectivity index (χ4n) is 2.26. The molecule has 1 aliphatic heterocycles. The highest BCUT2D eigenvalue weighted by molar-refractivity contribution is 7.99. The minimum atomic E-state index is 0.0924. The predicted molar refractivity (Wildman–Crippen MR) is 89.2 cm³/mol. The number of aryl methyl sites for hydroxylation is 1. The van der Waals surface area contributed by atoms with Crippen molar-refractivity contribution in [2.75, 3.05) is 32.1 Å². The van der Waals surface area contributed by atoms with Gasteiger partial charge in [-0.05, 0) is 24.6 Å². The van der Waals surface area contributed by atoms with Crippen LogP contribution in [0.3, 0.4) is 0 Å². The highest BCUT2D eigenvalue weighted by Gasteiger charge is 2.18. The average molecular weight is 353 g/mol. The van der Waals surface area contributed by atoms with Gasteiger partial charge in [0.05, 0.1) is 24.7 Å². The maximum absolute atomic E-state index is 12.2. The largest absolute Gasteiger partial charge is 0.378 e. The minimum Gasteiger partial charge on any atom is -0.378 e. The van der Waals surface area contributed by atoms with Gasteiger partial charge in [-0.2, -0.15) is 0 Å². The minimum absolute atomic E-state index is 0.0924. The van der Waals surface area contributed by atoms with Gasteiger partial charge in [0.2, 0.25) is 5.91 Å². The van der Waals surface area contributed by atoms with Crippen LogP contribution in [-0.2, 0) is 9.53 Å². The number of amides is 1. The first-order chi connectivity index (χ1) is 11.1. The molecule has 0 spiro atoms. The molecule has 2 aromatic rings. The lowest BCUT2D eigenvalue weighted by atomic mass is 10.2. The SMILES string of the molecule is Cc1ccc(-n2cnnc2SCC(=O)N2CCOCC2)cc1Cl. The Morgan fingerprint density at radius 3 is 2.91 bits per heavy atom. The van der Waals surface area contributed by atoms with E-state index in [0.29, 0.717) is 42.2 Å². The molecule has 1 aromatic heterocycles. The third-order valence-corrected chi connectivity index (χ3v) is 4.97. The first-order valence-electron chi connectivity index (χ1n) is 7.30. The normalized spacial score (nSPS) is 15.0. The lowest BCUT2D eigenvalue weighted by molar-refractivity contribution is -0.132. The number of carbonyl (C=O) groups excluding carboxylic acids is 1. The van der Waals surface area contributed by atoms with Crippen LogP contribution >= 0.6 is 23.4 Å². The van der Waals surface area contributed by atoms with E-state index < -0.39 is 0 Å². The number of hydrogen-bond donors (Lipinski definition) is 0. The van der Waals surface area contributed by atoms with Crippen LogP contribution in [0.15, 0.2) is 29.7 Å². The van der Waals surface area contributed by atoms with Crippen molar-refractivity contribution >= 4 is 29.3 Å². The first kappa shape index (κ1) is 16.3. The van der Waals surface area contributed by atoms with Gasteiger partial charge in [-0.15, -0.1) is 10.2 Å². The molecule has 0 saturated carbocycles. The molecule has 0 unspecified atom stereocenters. The zero-order valence-electron chi connectivity index (χ0n) is 12.7. The summed E-state index contributed by atoms with van der Waals surface area (Å²) in [4.78, 5) is 14.0. The molecule has 23 heavy (non-hydrogen) atoms. The summed E-state index contributed by atoms with van der Waals surface area (Å²) < 4.78 is 7.09. The molecule has 0 bridgehead atoms. The summed E-state index contributed by atoms with van der Waals surface area (Å²) in [5.74, 6) is 0.424. The van der Waals surface area contributed by atoms with Crippen molar-refractivity contribution in [1.29, 1.82) is 0 Å². The Morgan fingerprint density at radius 1 is 1.39 bits per heavy atom. The van der Waals surface area contributed by atoms with Gasteiger partial charge in [-0.3, -0.25) is 9.36 Å². The fourth-order valence-corrected chi connectivity index (χ4v) is 3.27. The zero-order valence-corrected chi connectivity index (χ0v) is 14.3. The Morgan fingerprint density at radius 2 is 2.17 bits per heavy atom. The van der Waals surface area contributed by atoms with Gasteiger partial charge in [0, 0.05) is 18.1 Å². The number of aromatic nitrogens is 3. The highest BCUT2D eigenvalue weighted by atomic mass is 35.5. The van der Waals surface area contributed by atoms with Gasteiger partial charge in [0.15, 0.2) is 5.16 Å². The van der Waals surface area contributed by atoms with Crippen LogP contribution in [-0.4, -0.2) is 57.6 Å². The zero-order chi connectivity index (χ0) is 16.2. The molecule has 1 aliphatic rings. The van der Waals surface area contributed by atoms with E-state index in [1.807, 2.05) is 34.6 Å². The summed E-state index contributed by atoms with van der Waals surface area (Å²) in [6.45, 7) is 4.47. The Bertz CT molecular complexity index is 701. The summed E-state index contributed by atoms with van der Waals surface area (Å²) in [7, 11) is 0. The number of ether oxygens (including phenoxy) is 1. The third-order valence-electron chi connectivity index (χ3n) is 3.64. The maximum atomic E-state index is 12.2. The molecule has 2 heterocycles. The monoisotopic (exact) mass is 352 g/mol. The summed E-state index contributed by atoms with van der Waals surface area (Å²) >= 11 is 7.55. The standard InChI is InChI=1S/C15H17ClN4O2S/c1-11-2-3-12(8-13(11)16)20-10-17-18-15(20)23-9-14(21)19-4-6-22-7-5-19/h2-3,8,10H,4-7,9H2,1H3. The molecule has 0 N–H and O–H groups in total. The van der Waals surface area contributed by atoms with Crippen molar-refractivity contribution < 1.29 is 9.53 Å². The Labute approximate surface area is 143 Å². The van der Waals surface area contributed by atoms with Gasteiger partial charge < -0.3 is 9.64 Å². The van der Waals surface area contributed by atoms with Crippen molar-refractivity contribution in [3.8, 4) is 5.69 Å². The second-order valence-electron chi connectivity index (χ2n) is 5.20. The Kier molecular flexibility index (Phi) is 5.20. The van der Waals surface area contributed by atoms with Crippen LogP contribution in [0.4, 0.5) is 0 Å². The average Bonchev–Trinajstić information content (AvgIpc) is 3.04. The lowest BCUT2D eigenvalue weighted by Gasteiger charge is -2.26. The van der Waals surface area contributed by atoms with Gasteiger partial charge in [0.25, 0.3) is 0 Å². The van der Waals surface area contributed by atoms with E-state index in [9.17, 15) is 4.79 Å². The van der Waals surface area contributed by atoms with Crippen LogP contribution in [0.25, 0.3) is 5.69 Å². The number of hydrogen-bond acceptors (Lipinski definition) is 5. The molecule has 8 heteroatoms. The van der Waals surface area contributed by atoms with Crippen LogP contribution in [0, 0.1) is 6.92 Å². The smallest absolute Gasteiger partial charge is 0.233 e. The number of halogens is 1. The number of rotatable bonds is 4. The predicted octanol–water partition coefficient (Wildman–Crippen LogP) is 2.18. The topological polar surface area (TPSA) is 60.2 Å². The van der Waals surface area contributed by atoms with E-state index in [-0.39, 0.29) is 5.91 Å². The third kappa shape index (κ3) is 3.85. The lowest BCUT2D eigenvalue weighted by Crippen LogP contribution is -2.41. The molecule has 6 nitrogen and oxygen atoms in total. The van der Waals surface area contributed by atoms with Crippen molar-refractivity contribution in [2.45, 2.75) is 12.1 Å². The number of morpholine rings is 1. The molecule has 1 saturated heterocycles. The van der Waals surface area contributed by atoms with Crippen molar-refractivity contribution in [1.82, 2.24) is 19.7 Å². The van der Waals surface area contributed by atoms with E-state index in [1.165, 1.54) is 11.8 Å². The summed E-state index contributed by atoms with van der Waals surface area (Å²) in [5, 5.41) is 9.41. The first-order valence-corrected chi connectivity index (χ1v) is 8.66. The van der Waals surface area contributed by atoms with Crippen molar-refractivity contribution in [2.24, 2.45) is 0 Å². The molecule has 1 aromatic carbocycles. The van der Waals surface area contributed by atoms with Crippen LogP contribution in [0.2, 0.25) is 5.02 Å². The van der Waals surface area contributed by atoms with Gasteiger partial charge in [-0.1, -0.05) is 29.4 Å². The Hall–Kier alpha value is -1.57. The van der Waals surface area contributed by atoms with Gasteiger partial charge in [0.1, 0.15) is 6.33 Å². The molecule has 3 rings (SSSR count). The molecular weight excluding hydrogens is 336 g/mol. The summed E-state index contributed by atoms with van der Waals surface area (Å²) in [6, 6.07) is 5.78. The van der Waals surface area contributed by atoms with E-state index in [2.05, 4.69) is 10.2 Å². The second kappa shape index (κ2) is 7.33. The molecule has 0 aliphatic carbocycles. The van der Waals surface area contributed by atoms with E-state index >= 15 is 0 Å². The van der Waals surface area contributed by atoms with E-state index in [1.54, 1.807) is 6.33 Å². The molecule has 1 fully saturated rings. The summed E-state index contributed by atoms with van der Waals surface area (Å²) in [5.41, 5.74) is 1.90. The quantitative estimate of drug-likeness (QED) is 0.789. The van der Waals surface area contributed by atoms with Crippen LogP contribution in [0.1, 0.15) is 5.56 Å². The second-order valence-corrected chi connectivity index (χ2v) is 6.55. The van der Waals surface area contributed by atoms with Gasteiger partial charge >= 0.3 is 0 Å². The van der Waals surface area contributed by atoms with E-state index in [0.717, 1.165) is 11.3 Å². The van der Waals surface area contributed by atoms with Crippen molar-refractivity contribution in [3.63, 3.8) is 0 Å². The number of carbonyl (C=O) groups is 1. The molecular formula is C15H17ClN4O2S. The molecule has 0 atom stereocenters. The van der Waals surface area contributed by atoms with Crippen LogP contribution < -0.4 is 0 Å². The molecule has 122 valence electrons. The number of thioether (sulfide) groups is 1. The molecule has 1 amide bonds. The van der Waals surface area contributed by atoms with E-state index in [4.69, 9.17) is 16.3 Å².